The fraction of sp³-hybridized carbons (Fsp3) is 0.733. The zero-order valence-corrected chi connectivity index (χ0v) is 12.7. The minimum Gasteiger partial charge on any atom is -0.829 e. The predicted octanol–water partition coefficient (Wildman–Crippen LogP) is -3.43. The first-order valence-electron chi connectivity index (χ1n) is 7.73. The van der Waals surface area contributed by atoms with Gasteiger partial charge in [0.1, 0.15) is 24.4 Å². The van der Waals surface area contributed by atoms with Gasteiger partial charge < -0.3 is 44.8 Å². The first-order valence-corrected chi connectivity index (χ1v) is 7.73. The molecule has 0 amide bonds. The molecule has 9 atom stereocenters. The second-order valence-electron chi connectivity index (χ2n) is 6.13. The molecule has 0 aromatic carbocycles. The molecule has 24 heavy (non-hydrogen) atoms. The molecular formula is C15H21O9-. The summed E-state index contributed by atoms with van der Waals surface area (Å²) in [6.07, 6.45) is -4.90. The summed E-state index contributed by atoms with van der Waals surface area (Å²) in [6, 6.07) is 0. The highest BCUT2D eigenvalue weighted by Gasteiger charge is 2.47. The van der Waals surface area contributed by atoms with Crippen LogP contribution >= 0.6 is 0 Å². The molecule has 9 nitrogen and oxygen atoms in total. The second-order valence-corrected chi connectivity index (χ2v) is 6.13. The number of hydrogen-bond acceptors (Lipinski definition) is 9. The van der Waals surface area contributed by atoms with Crippen molar-refractivity contribution in [2.45, 2.75) is 43.1 Å². The molecule has 0 saturated carbocycles. The summed E-state index contributed by atoms with van der Waals surface area (Å²) in [4.78, 5) is 0. The molecule has 9 heteroatoms. The van der Waals surface area contributed by atoms with Gasteiger partial charge >= 0.3 is 0 Å². The Morgan fingerprint density at radius 3 is 2.58 bits per heavy atom. The molecular weight excluding hydrogens is 324 g/mol. The summed E-state index contributed by atoms with van der Waals surface area (Å²) in [6.45, 7) is -0.921. The van der Waals surface area contributed by atoms with Gasteiger partial charge in [-0.3, -0.25) is 0 Å². The molecule has 5 N–H and O–H groups in total. The molecule has 0 radical (unpaired) electrons. The molecule has 1 aliphatic carbocycles. The molecule has 0 aromatic heterocycles. The highest BCUT2D eigenvalue weighted by Crippen LogP contribution is 2.40. The Kier molecular flexibility index (Phi) is 5.23. The minimum atomic E-state index is -1.83. The van der Waals surface area contributed by atoms with Crippen LogP contribution in [-0.2, 0) is 14.2 Å². The largest absolute Gasteiger partial charge is 0.829 e. The topological polar surface area (TPSA) is 152 Å². The SMILES string of the molecule is [O-][C@@H]1O[C@H](CO)[C@@H](O)[C@H](O)[C@H]1OC1OC=CC2C(O)C=C(CO)C12. The van der Waals surface area contributed by atoms with Gasteiger partial charge in [-0.25, -0.2) is 0 Å². The molecule has 0 bridgehead atoms. The van der Waals surface area contributed by atoms with Gasteiger partial charge in [0.2, 0.25) is 6.29 Å². The van der Waals surface area contributed by atoms with E-state index in [-0.39, 0.29) is 12.5 Å². The smallest absolute Gasteiger partial charge is 0.206 e. The summed E-state index contributed by atoms with van der Waals surface area (Å²) in [5.74, 6) is -0.908. The number of aliphatic hydroxyl groups is 5. The maximum Gasteiger partial charge on any atom is 0.206 e. The van der Waals surface area contributed by atoms with E-state index in [4.69, 9.17) is 19.3 Å². The Bertz CT molecular complexity index is 507. The summed E-state index contributed by atoms with van der Waals surface area (Å²) < 4.78 is 15.8. The number of fused-ring (bicyclic) bond motifs is 1. The average Bonchev–Trinajstić information content (AvgIpc) is 2.92. The van der Waals surface area contributed by atoms with Crippen molar-refractivity contribution in [1.82, 2.24) is 0 Å². The Morgan fingerprint density at radius 2 is 1.92 bits per heavy atom. The van der Waals surface area contributed by atoms with E-state index in [9.17, 15) is 25.5 Å². The van der Waals surface area contributed by atoms with Crippen LogP contribution < -0.4 is 5.11 Å². The normalized spacial score (nSPS) is 47.9. The van der Waals surface area contributed by atoms with E-state index in [2.05, 4.69) is 0 Å². The standard InChI is InChI=1S/C15H21O9/c16-4-6-3-8(18)7-1-2-22-15(10(6)7)24-13-12(20)11(19)9(5-17)23-14(13)21/h1-3,7-20H,4-5H2/q-1/t7?,8?,9-,10?,11-,12+,13-,14-,15?/m1/s1. The van der Waals surface area contributed by atoms with Gasteiger partial charge in [-0.2, -0.15) is 0 Å². The number of ether oxygens (including phenoxy) is 3. The predicted molar refractivity (Wildman–Crippen MR) is 74.8 cm³/mol. The van der Waals surface area contributed by atoms with Crippen LogP contribution in [0, 0.1) is 11.8 Å². The first kappa shape index (κ1) is 17.8. The van der Waals surface area contributed by atoms with Crippen molar-refractivity contribution in [3.8, 4) is 0 Å². The summed E-state index contributed by atoms with van der Waals surface area (Å²) in [7, 11) is 0. The van der Waals surface area contributed by atoms with Gasteiger partial charge in [0.05, 0.1) is 31.5 Å². The molecule has 2 heterocycles. The van der Waals surface area contributed by atoms with Gasteiger partial charge in [0.15, 0.2) is 0 Å². The number of aliphatic hydroxyl groups excluding tert-OH is 5. The Labute approximate surface area is 138 Å². The molecule has 4 unspecified atom stereocenters. The van der Waals surface area contributed by atoms with Crippen LogP contribution in [0.1, 0.15) is 0 Å². The molecule has 0 aromatic rings. The van der Waals surface area contributed by atoms with Gasteiger partial charge in [-0.1, -0.05) is 6.08 Å². The van der Waals surface area contributed by atoms with Crippen molar-refractivity contribution in [2.75, 3.05) is 13.2 Å². The lowest BCUT2D eigenvalue weighted by Crippen LogP contribution is -2.64. The fourth-order valence-electron chi connectivity index (χ4n) is 3.42. The monoisotopic (exact) mass is 345 g/mol. The third kappa shape index (κ3) is 2.98. The summed E-state index contributed by atoms with van der Waals surface area (Å²) in [5.41, 5.74) is 0.504. The van der Waals surface area contributed by atoms with Crippen LogP contribution in [0.4, 0.5) is 0 Å². The van der Waals surface area contributed by atoms with Crippen molar-refractivity contribution >= 4 is 0 Å². The molecule has 1 saturated heterocycles. The van der Waals surface area contributed by atoms with Crippen molar-refractivity contribution in [3.05, 3.63) is 24.0 Å². The average molecular weight is 345 g/mol. The second kappa shape index (κ2) is 7.06. The van der Waals surface area contributed by atoms with E-state index in [0.717, 1.165) is 0 Å². The van der Waals surface area contributed by atoms with E-state index in [1.165, 1.54) is 12.3 Å². The zero-order valence-electron chi connectivity index (χ0n) is 12.7. The van der Waals surface area contributed by atoms with Crippen molar-refractivity contribution in [3.63, 3.8) is 0 Å². The third-order valence-electron chi connectivity index (χ3n) is 4.73. The molecule has 3 rings (SSSR count). The zero-order chi connectivity index (χ0) is 17.4. The summed E-state index contributed by atoms with van der Waals surface area (Å²) in [5, 5.41) is 60.6. The van der Waals surface area contributed by atoms with Crippen molar-refractivity contribution in [1.29, 1.82) is 0 Å². The highest BCUT2D eigenvalue weighted by molar-refractivity contribution is 5.25. The van der Waals surface area contributed by atoms with Crippen molar-refractivity contribution in [2.24, 2.45) is 11.8 Å². The van der Waals surface area contributed by atoms with E-state index in [1.807, 2.05) is 0 Å². The van der Waals surface area contributed by atoms with Crippen LogP contribution in [0.25, 0.3) is 0 Å². The quantitative estimate of drug-likeness (QED) is 0.328. The van der Waals surface area contributed by atoms with E-state index in [0.29, 0.717) is 5.57 Å². The maximum atomic E-state index is 12.1. The van der Waals surface area contributed by atoms with Crippen LogP contribution in [0.3, 0.4) is 0 Å². The van der Waals surface area contributed by atoms with Crippen LogP contribution in [0.2, 0.25) is 0 Å². The minimum absolute atomic E-state index is 0.310. The van der Waals surface area contributed by atoms with E-state index < -0.39 is 55.6 Å². The van der Waals surface area contributed by atoms with Gasteiger partial charge in [0.25, 0.3) is 0 Å². The van der Waals surface area contributed by atoms with Crippen molar-refractivity contribution < 1.29 is 44.8 Å². The lowest BCUT2D eigenvalue weighted by molar-refractivity contribution is -0.539. The van der Waals surface area contributed by atoms with Crippen LogP contribution in [0.15, 0.2) is 24.0 Å². The molecule has 1 fully saturated rings. The lowest BCUT2D eigenvalue weighted by Gasteiger charge is -2.47. The van der Waals surface area contributed by atoms with E-state index in [1.54, 1.807) is 6.08 Å². The van der Waals surface area contributed by atoms with Gasteiger partial charge in [-0.15, -0.1) is 0 Å². The fourth-order valence-corrected chi connectivity index (χ4v) is 3.42. The summed E-state index contributed by atoms with van der Waals surface area (Å²) >= 11 is 0. The molecule has 136 valence electrons. The molecule has 0 spiro atoms. The third-order valence-corrected chi connectivity index (χ3v) is 4.73. The molecule has 2 aliphatic heterocycles. The first-order chi connectivity index (χ1) is 11.5. The number of hydrogen-bond donors (Lipinski definition) is 5. The maximum absolute atomic E-state index is 12.1. The molecule has 3 aliphatic rings. The Hall–Kier alpha value is -1.04. The Balaban J connectivity index is 1.75. The van der Waals surface area contributed by atoms with Gasteiger partial charge in [0, 0.05) is 12.2 Å². The highest BCUT2D eigenvalue weighted by atomic mass is 16.7. The van der Waals surface area contributed by atoms with Gasteiger partial charge in [-0.05, 0) is 11.6 Å². The van der Waals surface area contributed by atoms with Crippen LogP contribution in [0.5, 0.6) is 0 Å². The number of rotatable bonds is 4. The van der Waals surface area contributed by atoms with Crippen LogP contribution in [-0.4, -0.2) is 81.8 Å². The lowest BCUT2D eigenvalue weighted by atomic mass is 9.88. The Morgan fingerprint density at radius 1 is 1.17 bits per heavy atom. The van der Waals surface area contributed by atoms with E-state index >= 15 is 0 Å².